The molecule has 2 aromatic rings. The molecule has 0 radical (unpaired) electrons. The summed E-state index contributed by atoms with van der Waals surface area (Å²) in [5.74, 6) is -0.630. The van der Waals surface area contributed by atoms with Gasteiger partial charge in [-0.25, -0.2) is 0 Å². The first-order chi connectivity index (χ1) is 11.0. The van der Waals surface area contributed by atoms with Crippen molar-refractivity contribution < 1.29 is 14.4 Å². The second kappa shape index (κ2) is 6.28. The van der Waals surface area contributed by atoms with Crippen molar-refractivity contribution in [2.24, 2.45) is 5.92 Å². The first kappa shape index (κ1) is 15.3. The number of carboxylic acids is 1. The van der Waals surface area contributed by atoms with Crippen molar-refractivity contribution in [3.05, 3.63) is 24.3 Å². The zero-order valence-electron chi connectivity index (χ0n) is 13.3. The van der Waals surface area contributed by atoms with Crippen LogP contribution in [0.15, 0.2) is 28.8 Å². The van der Waals surface area contributed by atoms with E-state index in [-0.39, 0.29) is 5.92 Å². The number of hydrogen-bond acceptors (Lipinski definition) is 6. The average molecular weight is 316 g/mol. The largest absolute Gasteiger partial charge is 0.481 e. The van der Waals surface area contributed by atoms with Gasteiger partial charge in [0.2, 0.25) is 5.82 Å². The van der Waals surface area contributed by atoms with Crippen LogP contribution in [-0.2, 0) is 4.79 Å². The van der Waals surface area contributed by atoms with Crippen molar-refractivity contribution >= 4 is 17.7 Å². The average Bonchev–Trinajstić information content (AvgIpc) is 3.05. The van der Waals surface area contributed by atoms with E-state index in [1.165, 1.54) is 0 Å². The van der Waals surface area contributed by atoms with E-state index in [1.807, 2.05) is 48.2 Å². The Bertz CT molecular complexity index is 681. The van der Waals surface area contributed by atoms with Crippen molar-refractivity contribution in [2.45, 2.75) is 12.8 Å². The van der Waals surface area contributed by atoms with E-state index in [2.05, 4.69) is 10.1 Å². The number of carbonyl (C=O) groups is 1. The van der Waals surface area contributed by atoms with E-state index in [4.69, 9.17) is 9.63 Å². The van der Waals surface area contributed by atoms with E-state index >= 15 is 0 Å². The highest BCUT2D eigenvalue weighted by atomic mass is 16.5. The highest BCUT2D eigenvalue weighted by Gasteiger charge is 2.28. The maximum atomic E-state index is 11.1. The second-order valence-electron chi connectivity index (χ2n) is 5.97. The van der Waals surface area contributed by atoms with Crippen molar-refractivity contribution in [3.8, 4) is 11.4 Å². The molecule has 7 nitrogen and oxygen atoms in total. The third-order valence-electron chi connectivity index (χ3n) is 4.10. The fourth-order valence-electron chi connectivity index (χ4n) is 2.72. The predicted octanol–water partition coefficient (Wildman–Crippen LogP) is 2.10. The maximum absolute atomic E-state index is 11.1. The minimum Gasteiger partial charge on any atom is -0.481 e. The van der Waals surface area contributed by atoms with Crippen LogP contribution in [0.5, 0.6) is 0 Å². The van der Waals surface area contributed by atoms with E-state index in [9.17, 15) is 4.79 Å². The molecule has 0 bridgehead atoms. The Morgan fingerprint density at radius 2 is 2.09 bits per heavy atom. The summed E-state index contributed by atoms with van der Waals surface area (Å²) in [6.07, 6.45) is 1.50. The fourth-order valence-corrected chi connectivity index (χ4v) is 2.72. The third kappa shape index (κ3) is 3.28. The Morgan fingerprint density at radius 1 is 1.35 bits per heavy atom. The molecular weight excluding hydrogens is 296 g/mol. The van der Waals surface area contributed by atoms with Crippen LogP contribution < -0.4 is 9.80 Å². The van der Waals surface area contributed by atoms with Crippen LogP contribution in [0.3, 0.4) is 0 Å². The van der Waals surface area contributed by atoms with Gasteiger partial charge in [0.15, 0.2) is 0 Å². The molecule has 1 aliphatic rings. The molecule has 23 heavy (non-hydrogen) atoms. The van der Waals surface area contributed by atoms with Crippen LogP contribution in [-0.4, -0.2) is 48.4 Å². The molecular formula is C16H20N4O3. The quantitative estimate of drug-likeness (QED) is 0.925. The molecule has 1 saturated heterocycles. The molecule has 0 spiro atoms. The summed E-state index contributed by atoms with van der Waals surface area (Å²) >= 11 is 0. The van der Waals surface area contributed by atoms with Crippen LogP contribution in [0.1, 0.15) is 12.8 Å². The number of hydrogen-bond donors (Lipinski definition) is 1. The summed E-state index contributed by atoms with van der Waals surface area (Å²) in [5.41, 5.74) is 1.97. The number of nitrogens with zero attached hydrogens (tertiary/aromatic N) is 4. The third-order valence-corrected chi connectivity index (χ3v) is 4.10. The molecule has 7 heteroatoms. The molecule has 1 fully saturated rings. The van der Waals surface area contributed by atoms with Gasteiger partial charge in [-0.1, -0.05) is 5.16 Å². The van der Waals surface area contributed by atoms with Crippen molar-refractivity contribution in [1.82, 2.24) is 10.1 Å². The summed E-state index contributed by atoms with van der Waals surface area (Å²) in [6, 6.07) is 8.27. The zero-order valence-corrected chi connectivity index (χ0v) is 13.3. The Kier molecular flexibility index (Phi) is 4.18. The van der Waals surface area contributed by atoms with E-state index in [0.717, 1.165) is 24.2 Å². The Labute approximate surface area is 134 Å². The number of aliphatic carboxylic acids is 1. The van der Waals surface area contributed by atoms with Gasteiger partial charge in [0, 0.05) is 38.4 Å². The molecule has 2 heterocycles. The predicted molar refractivity (Wildman–Crippen MR) is 86.6 cm³/mol. The number of benzene rings is 1. The van der Waals surface area contributed by atoms with Gasteiger partial charge in [-0.2, -0.15) is 4.98 Å². The number of rotatable bonds is 4. The number of aromatic nitrogens is 2. The summed E-state index contributed by atoms with van der Waals surface area (Å²) < 4.78 is 5.33. The summed E-state index contributed by atoms with van der Waals surface area (Å²) in [4.78, 5) is 19.4. The summed E-state index contributed by atoms with van der Waals surface area (Å²) in [7, 11) is 3.97. The molecule has 1 aliphatic heterocycles. The van der Waals surface area contributed by atoms with E-state index in [0.29, 0.717) is 24.8 Å². The minimum atomic E-state index is -0.770. The molecule has 1 atom stereocenters. The standard InChI is InChI=1S/C16H20N4O3/c1-19(2)13-7-5-11(6-8-13)14-17-16(23-18-14)20-9-3-4-12(10-20)15(21)22/h5-8,12H,3-4,9-10H2,1-2H3,(H,21,22). The molecule has 1 unspecified atom stereocenters. The van der Waals surface area contributed by atoms with Crippen molar-refractivity contribution in [2.75, 3.05) is 37.0 Å². The molecule has 1 N–H and O–H groups in total. The van der Waals surface area contributed by atoms with Gasteiger partial charge in [0.1, 0.15) is 0 Å². The van der Waals surface area contributed by atoms with Gasteiger partial charge in [-0.05, 0) is 37.1 Å². The lowest BCUT2D eigenvalue weighted by atomic mass is 9.99. The maximum Gasteiger partial charge on any atom is 0.324 e. The van der Waals surface area contributed by atoms with Crippen LogP contribution in [0.2, 0.25) is 0 Å². The molecule has 1 aromatic carbocycles. The van der Waals surface area contributed by atoms with Crippen LogP contribution in [0, 0.1) is 5.92 Å². The molecule has 0 aliphatic carbocycles. The molecule has 3 rings (SSSR count). The molecule has 0 saturated carbocycles. The van der Waals surface area contributed by atoms with Crippen molar-refractivity contribution in [3.63, 3.8) is 0 Å². The Morgan fingerprint density at radius 3 is 2.74 bits per heavy atom. The van der Waals surface area contributed by atoms with Crippen LogP contribution >= 0.6 is 0 Å². The lowest BCUT2D eigenvalue weighted by molar-refractivity contribution is -0.141. The normalized spacial score (nSPS) is 18.0. The summed E-state index contributed by atoms with van der Waals surface area (Å²) in [6.45, 7) is 1.15. The first-order valence-corrected chi connectivity index (χ1v) is 7.64. The van der Waals surface area contributed by atoms with Gasteiger partial charge >= 0.3 is 12.0 Å². The van der Waals surface area contributed by atoms with E-state index in [1.54, 1.807) is 0 Å². The van der Waals surface area contributed by atoms with Crippen LogP contribution in [0.25, 0.3) is 11.4 Å². The monoisotopic (exact) mass is 316 g/mol. The van der Waals surface area contributed by atoms with E-state index < -0.39 is 5.97 Å². The smallest absolute Gasteiger partial charge is 0.324 e. The first-order valence-electron chi connectivity index (χ1n) is 7.64. The second-order valence-corrected chi connectivity index (χ2v) is 5.97. The highest BCUT2D eigenvalue weighted by molar-refractivity contribution is 5.71. The number of anilines is 2. The molecule has 1 aromatic heterocycles. The SMILES string of the molecule is CN(C)c1ccc(-c2noc(N3CCCC(C(=O)O)C3)n2)cc1. The van der Waals surface area contributed by atoms with Gasteiger partial charge in [-0.15, -0.1) is 0 Å². The number of piperidine rings is 1. The molecule has 122 valence electrons. The van der Waals surface area contributed by atoms with Crippen LogP contribution in [0.4, 0.5) is 11.7 Å². The Hall–Kier alpha value is -2.57. The van der Waals surface area contributed by atoms with Gasteiger partial charge in [-0.3, -0.25) is 4.79 Å². The lowest BCUT2D eigenvalue weighted by Crippen LogP contribution is -2.38. The highest BCUT2D eigenvalue weighted by Crippen LogP contribution is 2.25. The van der Waals surface area contributed by atoms with Gasteiger partial charge < -0.3 is 19.4 Å². The van der Waals surface area contributed by atoms with Gasteiger partial charge in [0.25, 0.3) is 0 Å². The molecule has 0 amide bonds. The minimum absolute atomic E-state index is 0.376. The Balaban J connectivity index is 1.76. The fraction of sp³-hybridized carbons (Fsp3) is 0.438. The zero-order chi connectivity index (χ0) is 16.4. The summed E-state index contributed by atoms with van der Waals surface area (Å²) in [5, 5.41) is 13.2. The lowest BCUT2D eigenvalue weighted by Gasteiger charge is -2.28. The number of carboxylic acid groups (broad SMARTS) is 1. The topological polar surface area (TPSA) is 82.7 Å². The van der Waals surface area contributed by atoms with Crippen molar-refractivity contribution in [1.29, 1.82) is 0 Å². The van der Waals surface area contributed by atoms with Gasteiger partial charge in [0.05, 0.1) is 5.92 Å².